The number of hydrogen-bond acceptors (Lipinski definition) is 10. The summed E-state index contributed by atoms with van der Waals surface area (Å²) in [6, 6.07) is 0. The molecule has 0 bridgehead atoms. The van der Waals surface area contributed by atoms with Crippen LogP contribution in [0.2, 0.25) is 0 Å². The van der Waals surface area contributed by atoms with Crippen LogP contribution in [0.1, 0.15) is 52.4 Å². The maximum atomic E-state index is 10.3. The lowest BCUT2D eigenvalue weighted by Crippen LogP contribution is -2.18. The van der Waals surface area contributed by atoms with Crippen molar-refractivity contribution in [2.75, 3.05) is 0 Å². The van der Waals surface area contributed by atoms with Gasteiger partial charge in [0.1, 0.15) is 0 Å². The van der Waals surface area contributed by atoms with Gasteiger partial charge < -0.3 is 39.7 Å². The topological polar surface area (TPSA) is 248 Å². The second kappa shape index (κ2) is 17.9. The SMILES string of the molecule is C.C=C1CC[C@@H](C(=O)O)O1.O=C(O)/C=C/CC(=O)O.O=C1CCC(C(=O)O)O1.O=C1CC[C@H](C(=O)O)O1. The van der Waals surface area contributed by atoms with Crippen LogP contribution in [0.5, 0.6) is 0 Å². The number of esters is 2. The van der Waals surface area contributed by atoms with E-state index in [2.05, 4.69) is 16.1 Å². The van der Waals surface area contributed by atoms with E-state index in [1.54, 1.807) is 0 Å². The van der Waals surface area contributed by atoms with Gasteiger partial charge in [-0.05, 0) is 0 Å². The molecule has 0 aromatic carbocycles. The van der Waals surface area contributed by atoms with Gasteiger partial charge >= 0.3 is 41.8 Å². The van der Waals surface area contributed by atoms with Gasteiger partial charge in [-0.25, -0.2) is 19.2 Å². The van der Waals surface area contributed by atoms with Crippen molar-refractivity contribution in [3.8, 4) is 0 Å². The minimum atomic E-state index is -1.13. The molecule has 0 radical (unpaired) electrons. The Kier molecular flexibility index (Phi) is 16.8. The fourth-order valence-corrected chi connectivity index (χ4v) is 2.44. The van der Waals surface area contributed by atoms with Crippen LogP contribution in [0.3, 0.4) is 0 Å². The van der Waals surface area contributed by atoms with Crippen LogP contribution in [0.25, 0.3) is 0 Å². The molecule has 0 aromatic rings. The summed E-state index contributed by atoms with van der Waals surface area (Å²) in [5.41, 5.74) is 0. The third-order valence-electron chi connectivity index (χ3n) is 4.14. The first-order chi connectivity index (χ1) is 16.7. The van der Waals surface area contributed by atoms with Gasteiger partial charge in [-0.3, -0.25) is 14.4 Å². The second-order valence-electron chi connectivity index (χ2n) is 7.07. The highest BCUT2D eigenvalue weighted by Crippen LogP contribution is 2.20. The number of rotatable bonds is 6. The molecule has 3 rings (SSSR count). The van der Waals surface area contributed by atoms with Gasteiger partial charge in [0.2, 0.25) is 0 Å². The fraction of sp³-hybridized carbons (Fsp3) is 0.500. The number of aliphatic carboxylic acids is 5. The molecule has 0 aromatic heterocycles. The Morgan fingerprint density at radius 3 is 1.30 bits per heavy atom. The summed E-state index contributed by atoms with van der Waals surface area (Å²) in [6.45, 7) is 3.50. The minimum Gasteiger partial charge on any atom is -0.484 e. The van der Waals surface area contributed by atoms with E-state index in [4.69, 9.17) is 30.3 Å². The molecule has 208 valence electrons. The van der Waals surface area contributed by atoms with Crippen molar-refractivity contribution in [1.82, 2.24) is 0 Å². The molecule has 3 saturated heterocycles. The zero-order valence-corrected chi connectivity index (χ0v) is 18.9. The van der Waals surface area contributed by atoms with Crippen molar-refractivity contribution in [2.24, 2.45) is 0 Å². The standard InChI is InChI=1S/C6H8O3.3C5H6O4.CH4/c1-4-2-3-5(9-4)6(7)8;2*6-4-2-1-3(9-4)5(7)8;6-4(7)2-1-3-5(8)9;/h5H,1-3H2,(H,7,8);2*3H,1-2H2,(H,7,8);1-2H,3H2,(H,6,7)(H,8,9);1H4/b;;;2-1+;/t5-;3-;;;/m01.../s1. The van der Waals surface area contributed by atoms with Gasteiger partial charge in [0.15, 0.2) is 18.3 Å². The van der Waals surface area contributed by atoms with E-state index in [-0.39, 0.29) is 26.7 Å². The van der Waals surface area contributed by atoms with Crippen LogP contribution in [0.4, 0.5) is 0 Å². The quantitative estimate of drug-likeness (QED) is 0.236. The number of ether oxygens (including phenoxy) is 3. The molecule has 15 nitrogen and oxygen atoms in total. The molecule has 3 fully saturated rings. The van der Waals surface area contributed by atoms with Crippen molar-refractivity contribution in [1.29, 1.82) is 0 Å². The Bertz CT molecular complexity index is 803. The van der Waals surface area contributed by atoms with Crippen molar-refractivity contribution in [2.45, 2.75) is 70.7 Å². The zero-order valence-electron chi connectivity index (χ0n) is 18.9. The van der Waals surface area contributed by atoms with Crippen LogP contribution in [-0.2, 0) is 47.8 Å². The number of carboxylic acid groups (broad SMARTS) is 5. The monoisotopic (exact) mass is 534 g/mol. The van der Waals surface area contributed by atoms with Gasteiger partial charge in [0.25, 0.3) is 0 Å². The van der Waals surface area contributed by atoms with Gasteiger partial charge in [0.05, 0.1) is 12.2 Å². The first-order valence-electron chi connectivity index (χ1n) is 10.3. The molecule has 15 heteroatoms. The predicted molar refractivity (Wildman–Crippen MR) is 120 cm³/mol. The number of allylic oxidation sites excluding steroid dienone is 1. The van der Waals surface area contributed by atoms with Crippen LogP contribution < -0.4 is 0 Å². The average Bonchev–Trinajstić information content (AvgIpc) is 3.50. The lowest BCUT2D eigenvalue weighted by Gasteiger charge is -2.01. The summed E-state index contributed by atoms with van der Waals surface area (Å²) in [5.74, 6) is -5.41. The molecule has 3 atom stereocenters. The van der Waals surface area contributed by atoms with Crippen LogP contribution in [0, 0.1) is 0 Å². The van der Waals surface area contributed by atoms with E-state index >= 15 is 0 Å². The maximum Gasteiger partial charge on any atom is 0.345 e. The summed E-state index contributed by atoms with van der Waals surface area (Å²) in [5, 5.41) is 40.8. The highest BCUT2D eigenvalue weighted by Gasteiger charge is 2.29. The first-order valence-corrected chi connectivity index (χ1v) is 10.3. The average molecular weight is 534 g/mol. The molecular formula is C22H30O15. The molecule has 3 aliphatic heterocycles. The summed E-state index contributed by atoms with van der Waals surface area (Å²) in [6.07, 6.45) is 1.54. The Morgan fingerprint density at radius 2 is 1.11 bits per heavy atom. The second-order valence-corrected chi connectivity index (χ2v) is 7.07. The lowest BCUT2D eigenvalue weighted by molar-refractivity contribution is -0.156. The summed E-state index contributed by atoms with van der Waals surface area (Å²) >= 11 is 0. The summed E-state index contributed by atoms with van der Waals surface area (Å²) < 4.78 is 13.6. The summed E-state index contributed by atoms with van der Waals surface area (Å²) in [7, 11) is 0. The van der Waals surface area contributed by atoms with Crippen molar-refractivity contribution < 1.29 is 73.3 Å². The molecule has 0 spiro atoms. The highest BCUT2D eigenvalue weighted by molar-refractivity contribution is 5.82. The molecule has 0 saturated carbocycles. The van der Waals surface area contributed by atoms with Crippen molar-refractivity contribution in [3.63, 3.8) is 0 Å². The lowest BCUT2D eigenvalue weighted by atomic mass is 10.2. The number of carbonyl (C=O) groups is 7. The zero-order chi connectivity index (χ0) is 27.8. The van der Waals surface area contributed by atoms with E-state index in [9.17, 15) is 33.6 Å². The van der Waals surface area contributed by atoms with Crippen LogP contribution in [0.15, 0.2) is 24.5 Å². The Balaban J connectivity index is 0. The smallest absolute Gasteiger partial charge is 0.345 e. The van der Waals surface area contributed by atoms with Crippen molar-refractivity contribution >= 4 is 41.8 Å². The van der Waals surface area contributed by atoms with Gasteiger partial charge in [-0.15, -0.1) is 0 Å². The normalized spacial score (nSPS) is 21.2. The van der Waals surface area contributed by atoms with Crippen LogP contribution >= 0.6 is 0 Å². The molecule has 37 heavy (non-hydrogen) atoms. The van der Waals surface area contributed by atoms with E-state index < -0.39 is 60.1 Å². The summed E-state index contributed by atoms with van der Waals surface area (Å²) in [4.78, 5) is 70.3. The first kappa shape index (κ1) is 34.7. The van der Waals surface area contributed by atoms with E-state index in [0.717, 1.165) is 12.2 Å². The molecule has 1 unspecified atom stereocenters. The number of cyclic esters (lactones) is 2. The third kappa shape index (κ3) is 16.8. The Morgan fingerprint density at radius 1 is 0.730 bits per heavy atom. The van der Waals surface area contributed by atoms with E-state index in [0.29, 0.717) is 31.4 Å². The molecule has 0 amide bonds. The Labute approximate surface area is 210 Å². The maximum absolute atomic E-state index is 10.3. The number of hydrogen-bond donors (Lipinski definition) is 5. The predicted octanol–water partition coefficient (Wildman–Crippen LogP) is 1.05. The Hall–Kier alpha value is -4.43. The van der Waals surface area contributed by atoms with Crippen molar-refractivity contribution in [3.05, 3.63) is 24.5 Å². The number of carboxylic acids is 5. The largest absolute Gasteiger partial charge is 0.484 e. The fourth-order valence-electron chi connectivity index (χ4n) is 2.44. The van der Waals surface area contributed by atoms with E-state index in [1.807, 2.05) is 0 Å². The molecule has 5 N–H and O–H groups in total. The minimum absolute atomic E-state index is 0. The number of carbonyl (C=O) groups excluding carboxylic acids is 2. The van der Waals surface area contributed by atoms with Gasteiger partial charge in [-0.1, -0.05) is 20.1 Å². The highest BCUT2D eigenvalue weighted by atomic mass is 16.6. The van der Waals surface area contributed by atoms with Gasteiger partial charge in [0, 0.05) is 44.6 Å². The molecule has 3 aliphatic rings. The molecule has 3 heterocycles. The molecule has 0 aliphatic carbocycles. The van der Waals surface area contributed by atoms with Crippen LogP contribution in [-0.4, -0.2) is 85.6 Å². The molecular weight excluding hydrogens is 504 g/mol. The van der Waals surface area contributed by atoms with E-state index in [1.165, 1.54) is 0 Å². The third-order valence-corrected chi connectivity index (χ3v) is 4.14. The van der Waals surface area contributed by atoms with Gasteiger partial charge in [-0.2, -0.15) is 0 Å².